The first-order valence-electron chi connectivity index (χ1n) is 7.22. The first-order valence-corrected chi connectivity index (χ1v) is 7.22. The summed E-state index contributed by atoms with van der Waals surface area (Å²) < 4.78 is 0. The van der Waals surface area contributed by atoms with Crippen LogP contribution in [0.25, 0.3) is 0 Å². The standard InChI is InChI=1S/C14H21NO4/c16-6-11(14(18)19)15-13(17)12-9-2-7-1-8(4-9)5-10(12)3-7/h7-12,16H,1-6H2,(H,15,17)(H,18,19)/t7?,8?,9?,10?,11-,12?/m0/s1. The molecule has 1 amide bonds. The van der Waals surface area contributed by atoms with Crippen molar-refractivity contribution in [1.82, 2.24) is 5.32 Å². The zero-order valence-corrected chi connectivity index (χ0v) is 10.9. The lowest BCUT2D eigenvalue weighted by molar-refractivity contribution is -0.147. The SMILES string of the molecule is O=C(N[C@@H](CO)C(=O)O)C1C2CC3CC(C2)CC1C3. The van der Waals surface area contributed by atoms with Crippen molar-refractivity contribution in [2.24, 2.45) is 29.6 Å². The predicted molar refractivity (Wildman–Crippen MR) is 67.2 cm³/mol. The molecule has 4 fully saturated rings. The van der Waals surface area contributed by atoms with Crippen molar-refractivity contribution in [3.63, 3.8) is 0 Å². The lowest BCUT2D eigenvalue weighted by Crippen LogP contribution is -2.54. The van der Waals surface area contributed by atoms with Crippen LogP contribution in [-0.4, -0.2) is 34.7 Å². The maximum Gasteiger partial charge on any atom is 0.328 e. The van der Waals surface area contributed by atoms with Crippen LogP contribution in [0, 0.1) is 29.6 Å². The van der Waals surface area contributed by atoms with Crippen LogP contribution >= 0.6 is 0 Å². The van der Waals surface area contributed by atoms with E-state index in [9.17, 15) is 9.59 Å². The molecule has 0 radical (unpaired) electrons. The quantitative estimate of drug-likeness (QED) is 0.697. The fourth-order valence-electron chi connectivity index (χ4n) is 4.81. The number of carboxylic acids is 1. The number of nitrogens with one attached hydrogen (secondary N) is 1. The summed E-state index contributed by atoms with van der Waals surface area (Å²) in [6, 6.07) is -1.16. The van der Waals surface area contributed by atoms with Crippen LogP contribution < -0.4 is 5.32 Å². The van der Waals surface area contributed by atoms with Crippen molar-refractivity contribution in [2.45, 2.75) is 38.1 Å². The van der Waals surface area contributed by atoms with Gasteiger partial charge in [-0.1, -0.05) is 0 Å². The summed E-state index contributed by atoms with van der Waals surface area (Å²) in [5.74, 6) is 1.10. The Morgan fingerprint density at radius 2 is 1.58 bits per heavy atom. The topological polar surface area (TPSA) is 86.6 Å². The molecule has 0 heterocycles. The van der Waals surface area contributed by atoms with E-state index in [1.54, 1.807) is 0 Å². The second-order valence-electron chi connectivity index (χ2n) is 6.54. The molecule has 19 heavy (non-hydrogen) atoms. The summed E-state index contributed by atoms with van der Waals surface area (Å²) in [7, 11) is 0. The van der Waals surface area contributed by atoms with Gasteiger partial charge in [0.25, 0.3) is 0 Å². The third-order valence-corrected chi connectivity index (χ3v) is 5.33. The molecule has 3 N–H and O–H groups in total. The molecule has 4 rings (SSSR count). The molecule has 0 spiro atoms. The van der Waals surface area contributed by atoms with E-state index in [1.807, 2.05) is 0 Å². The maximum absolute atomic E-state index is 12.3. The van der Waals surface area contributed by atoms with E-state index in [2.05, 4.69) is 5.32 Å². The molecule has 4 saturated carbocycles. The van der Waals surface area contributed by atoms with Gasteiger partial charge in [0.1, 0.15) is 6.04 Å². The molecule has 0 saturated heterocycles. The summed E-state index contributed by atoms with van der Waals surface area (Å²) in [6.45, 7) is -0.547. The van der Waals surface area contributed by atoms with Crippen LogP contribution in [0.2, 0.25) is 0 Å². The lowest BCUT2D eigenvalue weighted by Gasteiger charge is -2.53. The number of hydrogen-bond donors (Lipinski definition) is 3. The molecular weight excluding hydrogens is 246 g/mol. The average Bonchev–Trinajstić information content (AvgIpc) is 2.34. The minimum atomic E-state index is -1.17. The van der Waals surface area contributed by atoms with E-state index in [4.69, 9.17) is 10.2 Å². The van der Waals surface area contributed by atoms with Crippen molar-refractivity contribution < 1.29 is 19.8 Å². The summed E-state index contributed by atoms with van der Waals surface area (Å²) >= 11 is 0. The minimum Gasteiger partial charge on any atom is -0.480 e. The van der Waals surface area contributed by atoms with Gasteiger partial charge in [0.05, 0.1) is 6.61 Å². The van der Waals surface area contributed by atoms with Gasteiger partial charge in [-0.3, -0.25) is 4.79 Å². The van der Waals surface area contributed by atoms with Gasteiger partial charge in [0.15, 0.2) is 0 Å². The molecule has 4 bridgehead atoms. The first-order chi connectivity index (χ1) is 9.08. The Labute approximate surface area is 112 Å². The van der Waals surface area contributed by atoms with Crippen LogP contribution in [-0.2, 0) is 9.59 Å². The van der Waals surface area contributed by atoms with E-state index < -0.39 is 18.6 Å². The minimum absolute atomic E-state index is 0.0267. The second kappa shape index (κ2) is 4.78. The Bertz CT molecular complexity index is 367. The third-order valence-electron chi connectivity index (χ3n) is 5.33. The Balaban J connectivity index is 1.68. The van der Waals surface area contributed by atoms with E-state index in [1.165, 1.54) is 6.42 Å². The van der Waals surface area contributed by atoms with Gasteiger partial charge < -0.3 is 15.5 Å². The molecule has 0 aromatic heterocycles. The van der Waals surface area contributed by atoms with Gasteiger partial charge in [-0.05, 0) is 55.8 Å². The Hall–Kier alpha value is -1.10. The van der Waals surface area contributed by atoms with Crippen molar-refractivity contribution in [1.29, 1.82) is 0 Å². The summed E-state index contributed by atoms with van der Waals surface area (Å²) in [6.07, 6.45) is 5.84. The zero-order valence-electron chi connectivity index (χ0n) is 10.9. The molecule has 0 aliphatic heterocycles. The summed E-state index contributed by atoms with van der Waals surface area (Å²) in [5, 5.41) is 20.4. The number of carboxylic acid groups (broad SMARTS) is 1. The molecule has 0 aromatic rings. The molecule has 4 aliphatic carbocycles. The van der Waals surface area contributed by atoms with Gasteiger partial charge in [-0.2, -0.15) is 0 Å². The summed E-state index contributed by atoms with van der Waals surface area (Å²) in [4.78, 5) is 23.2. The van der Waals surface area contributed by atoms with Crippen LogP contribution in [0.5, 0.6) is 0 Å². The largest absolute Gasteiger partial charge is 0.480 e. The number of hydrogen-bond acceptors (Lipinski definition) is 3. The molecule has 4 aliphatic rings. The van der Waals surface area contributed by atoms with Gasteiger partial charge >= 0.3 is 5.97 Å². The molecular formula is C14H21NO4. The Kier molecular flexibility index (Phi) is 3.25. The van der Waals surface area contributed by atoms with Crippen molar-refractivity contribution in [3.8, 4) is 0 Å². The van der Waals surface area contributed by atoms with Gasteiger partial charge in [0.2, 0.25) is 5.91 Å². The van der Waals surface area contributed by atoms with Gasteiger partial charge in [0, 0.05) is 5.92 Å². The van der Waals surface area contributed by atoms with Gasteiger partial charge in [-0.15, -0.1) is 0 Å². The number of carbonyl (C=O) groups excluding carboxylic acids is 1. The average molecular weight is 267 g/mol. The molecule has 0 unspecified atom stereocenters. The lowest BCUT2D eigenvalue weighted by atomic mass is 9.51. The smallest absolute Gasteiger partial charge is 0.328 e. The number of carbonyl (C=O) groups is 2. The predicted octanol–water partition coefficient (Wildman–Crippen LogP) is 0.620. The highest BCUT2D eigenvalue weighted by molar-refractivity contribution is 5.85. The number of aliphatic hydroxyl groups excluding tert-OH is 1. The molecule has 0 aromatic carbocycles. The van der Waals surface area contributed by atoms with E-state index in [-0.39, 0.29) is 11.8 Å². The van der Waals surface area contributed by atoms with E-state index in [0.717, 1.165) is 37.5 Å². The Morgan fingerprint density at radius 3 is 2.00 bits per heavy atom. The zero-order chi connectivity index (χ0) is 13.6. The van der Waals surface area contributed by atoms with Crippen molar-refractivity contribution in [3.05, 3.63) is 0 Å². The number of amides is 1. The van der Waals surface area contributed by atoms with E-state index in [0.29, 0.717) is 11.8 Å². The normalized spacial score (nSPS) is 41.0. The van der Waals surface area contributed by atoms with Crippen LogP contribution in [0.4, 0.5) is 0 Å². The van der Waals surface area contributed by atoms with Gasteiger partial charge in [-0.25, -0.2) is 4.79 Å². The molecule has 5 heteroatoms. The molecule has 1 atom stereocenters. The molecule has 5 nitrogen and oxygen atoms in total. The Morgan fingerprint density at radius 1 is 1.05 bits per heavy atom. The summed E-state index contributed by atoms with van der Waals surface area (Å²) in [5.41, 5.74) is 0. The third kappa shape index (κ3) is 2.24. The maximum atomic E-state index is 12.3. The van der Waals surface area contributed by atoms with E-state index >= 15 is 0 Å². The first kappa shape index (κ1) is 12.9. The highest BCUT2D eigenvalue weighted by Crippen LogP contribution is 2.56. The van der Waals surface area contributed by atoms with Crippen LogP contribution in [0.1, 0.15) is 32.1 Å². The second-order valence-corrected chi connectivity index (χ2v) is 6.54. The fraction of sp³-hybridized carbons (Fsp3) is 0.857. The highest BCUT2D eigenvalue weighted by atomic mass is 16.4. The number of rotatable bonds is 4. The monoisotopic (exact) mass is 267 g/mol. The highest BCUT2D eigenvalue weighted by Gasteiger charge is 2.51. The van der Waals surface area contributed by atoms with Crippen molar-refractivity contribution >= 4 is 11.9 Å². The fourth-order valence-corrected chi connectivity index (χ4v) is 4.81. The van der Waals surface area contributed by atoms with Crippen LogP contribution in [0.15, 0.2) is 0 Å². The van der Waals surface area contributed by atoms with Crippen LogP contribution in [0.3, 0.4) is 0 Å². The number of aliphatic carboxylic acids is 1. The van der Waals surface area contributed by atoms with Crippen molar-refractivity contribution in [2.75, 3.05) is 6.61 Å². The molecule has 106 valence electrons. The number of aliphatic hydroxyl groups is 1.